The van der Waals surface area contributed by atoms with Crippen LogP contribution >= 0.6 is 7.82 Å². The van der Waals surface area contributed by atoms with E-state index < -0.39 is 26.5 Å². The molecular weight excluding hydrogens is 1090 g/mol. The van der Waals surface area contributed by atoms with E-state index in [1.807, 2.05) is 21.1 Å². The molecule has 0 rings (SSSR count). The van der Waals surface area contributed by atoms with Crippen molar-refractivity contribution in [1.82, 2.24) is 0 Å². The first-order valence-electron chi connectivity index (χ1n) is 35.6. The molecule has 0 aromatic heterocycles. The van der Waals surface area contributed by atoms with Gasteiger partial charge in [0.25, 0.3) is 0 Å². The van der Waals surface area contributed by atoms with E-state index in [1.165, 1.54) is 186 Å². The fourth-order valence-corrected chi connectivity index (χ4v) is 10.7. The van der Waals surface area contributed by atoms with Crippen molar-refractivity contribution in [1.29, 1.82) is 0 Å². The zero-order valence-corrected chi connectivity index (χ0v) is 57.4. The van der Waals surface area contributed by atoms with Crippen molar-refractivity contribution in [3.8, 4) is 0 Å². The normalized spacial score (nSPS) is 13.8. The molecule has 9 nitrogen and oxygen atoms in total. The smallest absolute Gasteiger partial charge is 0.462 e. The molecule has 10 heteroatoms. The maximum Gasteiger partial charge on any atom is 0.472 e. The van der Waals surface area contributed by atoms with Crippen LogP contribution in [0.5, 0.6) is 0 Å². The Morgan fingerprint density at radius 2 is 0.628 bits per heavy atom. The Morgan fingerprint density at radius 1 is 0.360 bits per heavy atom. The lowest BCUT2D eigenvalue weighted by atomic mass is 10.0. The van der Waals surface area contributed by atoms with Crippen LogP contribution in [0, 0.1) is 0 Å². The summed E-state index contributed by atoms with van der Waals surface area (Å²) in [6.45, 7) is 4.24. The second kappa shape index (κ2) is 66.1. The first-order chi connectivity index (χ1) is 42.0. The number of hydrogen-bond donors (Lipinski definition) is 1. The van der Waals surface area contributed by atoms with Crippen LogP contribution in [0.4, 0.5) is 0 Å². The first-order valence-corrected chi connectivity index (χ1v) is 37.1. The number of likely N-dealkylation sites (N-methyl/N-ethyl adjacent to an activating group) is 1. The van der Waals surface area contributed by atoms with Crippen molar-refractivity contribution in [2.45, 2.75) is 315 Å². The van der Waals surface area contributed by atoms with Gasteiger partial charge in [-0.1, -0.05) is 309 Å². The largest absolute Gasteiger partial charge is 0.472 e. The minimum Gasteiger partial charge on any atom is -0.462 e. The van der Waals surface area contributed by atoms with Gasteiger partial charge in [-0.25, -0.2) is 4.57 Å². The summed E-state index contributed by atoms with van der Waals surface area (Å²) in [7, 11) is 1.48. The van der Waals surface area contributed by atoms with Gasteiger partial charge in [-0.15, -0.1) is 0 Å². The monoisotopic (exact) mass is 1220 g/mol. The summed E-state index contributed by atoms with van der Waals surface area (Å²) in [5.41, 5.74) is 0. The highest BCUT2D eigenvalue weighted by Crippen LogP contribution is 2.43. The summed E-state index contributed by atoms with van der Waals surface area (Å²) in [6, 6.07) is 0. The molecule has 0 heterocycles. The molecule has 0 saturated carbocycles. The fourth-order valence-electron chi connectivity index (χ4n) is 9.92. The van der Waals surface area contributed by atoms with E-state index in [4.69, 9.17) is 18.5 Å². The van der Waals surface area contributed by atoms with Crippen LogP contribution < -0.4 is 0 Å². The second-order valence-corrected chi connectivity index (χ2v) is 26.3. The summed E-state index contributed by atoms with van der Waals surface area (Å²) in [6.07, 6.45) is 93.4. The van der Waals surface area contributed by atoms with Crippen LogP contribution in [0.2, 0.25) is 0 Å². The van der Waals surface area contributed by atoms with Crippen LogP contribution in [-0.2, 0) is 32.7 Å². The van der Waals surface area contributed by atoms with Gasteiger partial charge in [0.1, 0.15) is 19.8 Å². The molecule has 2 unspecified atom stereocenters. The van der Waals surface area contributed by atoms with Crippen molar-refractivity contribution in [3.05, 3.63) is 109 Å². The SMILES string of the molecule is CC/C=C\C/C=C\C/C=C\C/C=C\C/C=C\CCCCCCCCCCCCCCCCCCCCCCCC(=O)OC(COC(=O)CCCCCCCCCCCCCC/C=C\C/C=C\C/C=C\C/C=C\CC)COP(=O)(O)OCC[N+](C)(C)C. The highest BCUT2D eigenvalue weighted by Gasteiger charge is 2.27. The number of nitrogens with zero attached hydrogens (tertiary/aromatic N) is 1. The zero-order valence-electron chi connectivity index (χ0n) is 56.5. The molecule has 0 bridgehead atoms. The number of carbonyl (C=O) groups is 2. The maximum absolute atomic E-state index is 12.9. The molecule has 0 aromatic rings. The minimum absolute atomic E-state index is 0.0293. The molecule has 2 atom stereocenters. The zero-order chi connectivity index (χ0) is 62.6. The number of phosphoric ester groups is 1. The van der Waals surface area contributed by atoms with Gasteiger partial charge < -0.3 is 18.9 Å². The number of allylic oxidation sites excluding steroid dienone is 18. The quantitative estimate of drug-likeness (QED) is 0.0211. The molecular formula is C76H135NO8P+. The van der Waals surface area contributed by atoms with Crippen LogP contribution in [0.1, 0.15) is 309 Å². The molecule has 0 amide bonds. The topological polar surface area (TPSA) is 108 Å². The number of quaternary nitrogens is 1. The number of rotatable bonds is 65. The first kappa shape index (κ1) is 82.7. The number of esters is 2. The van der Waals surface area contributed by atoms with E-state index in [2.05, 4.69) is 123 Å². The lowest BCUT2D eigenvalue weighted by Crippen LogP contribution is -2.37. The summed E-state index contributed by atoms with van der Waals surface area (Å²) in [5.74, 6) is -0.791. The Kier molecular flexibility index (Phi) is 63.5. The van der Waals surface area contributed by atoms with Gasteiger partial charge in [-0.05, 0) is 96.3 Å². The van der Waals surface area contributed by atoms with Gasteiger partial charge in [0.05, 0.1) is 27.7 Å². The molecule has 0 aliphatic heterocycles. The average molecular weight is 1220 g/mol. The molecule has 0 saturated heterocycles. The lowest BCUT2D eigenvalue weighted by molar-refractivity contribution is -0.870. The Labute approximate surface area is 531 Å². The Bertz CT molecular complexity index is 1820. The maximum atomic E-state index is 12.9. The molecule has 0 fully saturated rings. The Balaban J connectivity index is 3.99. The number of phosphoric acid groups is 1. The molecule has 86 heavy (non-hydrogen) atoms. The van der Waals surface area contributed by atoms with E-state index >= 15 is 0 Å². The molecule has 0 spiro atoms. The third-order valence-electron chi connectivity index (χ3n) is 15.3. The van der Waals surface area contributed by atoms with Crippen LogP contribution in [0.15, 0.2) is 109 Å². The molecule has 0 aliphatic carbocycles. The predicted octanol–water partition coefficient (Wildman–Crippen LogP) is 23.3. The van der Waals surface area contributed by atoms with Crippen molar-refractivity contribution in [2.24, 2.45) is 0 Å². The number of carbonyl (C=O) groups excluding carboxylic acids is 2. The van der Waals surface area contributed by atoms with E-state index in [9.17, 15) is 19.0 Å². The van der Waals surface area contributed by atoms with Gasteiger partial charge in [0, 0.05) is 12.8 Å². The predicted molar refractivity (Wildman–Crippen MR) is 371 cm³/mol. The van der Waals surface area contributed by atoms with Gasteiger partial charge in [0.15, 0.2) is 6.10 Å². The van der Waals surface area contributed by atoms with Crippen molar-refractivity contribution >= 4 is 19.8 Å². The fraction of sp³-hybridized carbons (Fsp3) is 0.737. The summed E-state index contributed by atoms with van der Waals surface area (Å²) in [5, 5.41) is 0. The van der Waals surface area contributed by atoms with Gasteiger partial charge >= 0.3 is 19.8 Å². The van der Waals surface area contributed by atoms with E-state index in [1.54, 1.807) is 0 Å². The van der Waals surface area contributed by atoms with Gasteiger partial charge in [0.2, 0.25) is 0 Å². The van der Waals surface area contributed by atoms with E-state index in [0.29, 0.717) is 17.4 Å². The lowest BCUT2D eigenvalue weighted by Gasteiger charge is -2.24. The highest BCUT2D eigenvalue weighted by molar-refractivity contribution is 7.47. The Hall–Kier alpha value is -3.33. The van der Waals surface area contributed by atoms with Crippen molar-refractivity contribution in [3.63, 3.8) is 0 Å². The van der Waals surface area contributed by atoms with Crippen LogP contribution in [-0.4, -0.2) is 74.9 Å². The standard InChI is InChI=1S/C76H134NO8P/c1-6-8-10-12-14-16-18-20-22-24-26-28-30-32-33-34-35-36-37-38-39-40-41-42-43-45-47-49-51-53-55-57-59-61-63-65-67-69-76(79)85-74(73-84-86(80,81)83-71-70-77(3,4)5)72-82-75(78)68-66-64-62-60-58-56-54-52-50-48-46-44-31-29-27-25-23-21-19-17-15-13-11-9-7-2/h8-11,14-17,20-23,26-29,32-33,74H,6-7,12-13,18-19,24-25,30-31,34-73H2,1-5H3/p+1/b10-8-,11-9-,16-14-,17-15-,22-20-,23-21-,28-26-,29-27-,33-32-. The van der Waals surface area contributed by atoms with E-state index in [0.717, 1.165) is 89.9 Å². The molecule has 0 radical (unpaired) electrons. The van der Waals surface area contributed by atoms with Crippen molar-refractivity contribution in [2.75, 3.05) is 47.5 Å². The number of hydrogen-bond acceptors (Lipinski definition) is 7. The van der Waals surface area contributed by atoms with Gasteiger partial charge in [-0.3, -0.25) is 18.6 Å². The van der Waals surface area contributed by atoms with Crippen LogP contribution in [0.25, 0.3) is 0 Å². The number of unbranched alkanes of at least 4 members (excludes halogenated alkanes) is 33. The summed E-state index contributed by atoms with van der Waals surface area (Å²) in [4.78, 5) is 35.9. The molecule has 0 aromatic carbocycles. The third kappa shape index (κ3) is 69.8. The van der Waals surface area contributed by atoms with Crippen LogP contribution in [0.3, 0.4) is 0 Å². The Morgan fingerprint density at radius 3 is 0.930 bits per heavy atom. The average Bonchev–Trinajstić information content (AvgIpc) is 3.67. The number of ether oxygens (including phenoxy) is 2. The summed E-state index contributed by atoms with van der Waals surface area (Å²) < 4.78 is 34.7. The van der Waals surface area contributed by atoms with Gasteiger partial charge in [-0.2, -0.15) is 0 Å². The van der Waals surface area contributed by atoms with Crippen molar-refractivity contribution < 1.29 is 42.1 Å². The second-order valence-electron chi connectivity index (χ2n) is 24.9. The summed E-state index contributed by atoms with van der Waals surface area (Å²) >= 11 is 0. The minimum atomic E-state index is -4.40. The third-order valence-corrected chi connectivity index (χ3v) is 16.3. The highest BCUT2D eigenvalue weighted by atomic mass is 31.2. The van der Waals surface area contributed by atoms with E-state index in [-0.39, 0.29) is 32.0 Å². The molecule has 0 aliphatic rings. The molecule has 496 valence electrons. The molecule has 1 N–H and O–H groups in total.